The molecule has 2 aromatic heterocycles. The van der Waals surface area contributed by atoms with Crippen molar-refractivity contribution < 1.29 is 9.59 Å². The summed E-state index contributed by atoms with van der Waals surface area (Å²) in [5.74, 6) is 2.04. The van der Waals surface area contributed by atoms with Gasteiger partial charge in [0.25, 0.3) is 0 Å². The molecule has 0 amide bonds. The maximum Gasteiger partial charge on any atom is 0.227 e. The van der Waals surface area contributed by atoms with E-state index >= 15 is 0 Å². The standard InChI is InChI=1S/C23H20N2O2S2/c1-15(26)24-13-19(17-7-3-5-9-21(17)24)23(28-11-12-29-23)20-14-25(16(2)27)22-10-6-4-8-18(20)22/h3-10,13-14H,11-12H2,1-2H3. The lowest BCUT2D eigenvalue weighted by molar-refractivity contribution is 0.0933. The summed E-state index contributed by atoms with van der Waals surface area (Å²) >= 11 is 3.78. The van der Waals surface area contributed by atoms with Crippen molar-refractivity contribution >= 4 is 57.1 Å². The van der Waals surface area contributed by atoms with E-state index in [1.54, 1.807) is 23.0 Å². The molecule has 5 rings (SSSR count). The molecule has 0 N–H and O–H groups in total. The van der Waals surface area contributed by atoms with Gasteiger partial charge >= 0.3 is 0 Å². The normalized spacial score (nSPS) is 15.9. The van der Waals surface area contributed by atoms with Gasteiger partial charge in [-0.15, -0.1) is 23.5 Å². The number of rotatable bonds is 2. The number of carbonyl (C=O) groups is 2. The lowest BCUT2D eigenvalue weighted by Gasteiger charge is -2.27. The minimum atomic E-state index is -0.361. The van der Waals surface area contributed by atoms with Crippen molar-refractivity contribution in [1.82, 2.24) is 9.13 Å². The predicted octanol–water partition coefficient (Wildman–Crippen LogP) is 5.60. The first kappa shape index (κ1) is 18.6. The molecule has 0 spiro atoms. The number of benzene rings is 2. The number of nitrogens with zero attached hydrogens (tertiary/aromatic N) is 2. The van der Waals surface area contributed by atoms with Gasteiger partial charge in [0.2, 0.25) is 11.8 Å². The van der Waals surface area contributed by atoms with Crippen LogP contribution in [0.1, 0.15) is 34.6 Å². The summed E-state index contributed by atoms with van der Waals surface area (Å²) in [5.41, 5.74) is 4.11. The molecule has 0 bridgehead atoms. The third kappa shape index (κ3) is 2.69. The van der Waals surface area contributed by atoms with Crippen LogP contribution < -0.4 is 0 Å². The van der Waals surface area contributed by atoms with Crippen molar-refractivity contribution in [3.8, 4) is 0 Å². The van der Waals surface area contributed by atoms with Crippen LogP contribution in [-0.2, 0) is 4.08 Å². The van der Waals surface area contributed by atoms with Gasteiger partial charge in [-0.25, -0.2) is 0 Å². The molecule has 6 heteroatoms. The second-order valence-corrected chi connectivity index (χ2v) is 10.1. The number of fused-ring (bicyclic) bond motifs is 2. The summed E-state index contributed by atoms with van der Waals surface area (Å²) in [5, 5.41) is 2.17. The van der Waals surface area contributed by atoms with E-state index in [1.165, 1.54) is 0 Å². The first-order valence-corrected chi connectivity index (χ1v) is 11.5. The van der Waals surface area contributed by atoms with E-state index in [4.69, 9.17) is 0 Å². The van der Waals surface area contributed by atoms with E-state index in [2.05, 4.69) is 12.1 Å². The second-order valence-electron chi connectivity index (χ2n) is 7.21. The number of hydrogen-bond acceptors (Lipinski definition) is 4. The molecule has 0 radical (unpaired) electrons. The maximum atomic E-state index is 12.3. The van der Waals surface area contributed by atoms with Crippen LogP contribution in [0.2, 0.25) is 0 Å². The molecular formula is C23H20N2O2S2. The van der Waals surface area contributed by atoms with Crippen molar-refractivity contribution in [2.75, 3.05) is 11.5 Å². The van der Waals surface area contributed by atoms with E-state index in [1.807, 2.05) is 72.3 Å². The Bertz CT molecular complexity index is 1180. The molecule has 0 aliphatic carbocycles. The van der Waals surface area contributed by atoms with Crippen LogP contribution in [0.5, 0.6) is 0 Å². The van der Waals surface area contributed by atoms with Gasteiger partial charge in [-0.1, -0.05) is 36.4 Å². The SMILES string of the molecule is CC(=O)n1cc(C2(c3cn(C(C)=O)c4ccccc34)SCCS2)c2ccccc21. The molecule has 2 aromatic carbocycles. The van der Waals surface area contributed by atoms with Crippen LogP contribution >= 0.6 is 23.5 Å². The third-order valence-corrected chi connectivity index (χ3v) is 8.98. The van der Waals surface area contributed by atoms with Gasteiger partial charge in [0.15, 0.2) is 0 Å². The van der Waals surface area contributed by atoms with Crippen LogP contribution in [0.15, 0.2) is 60.9 Å². The van der Waals surface area contributed by atoms with E-state index in [0.29, 0.717) is 0 Å². The average molecular weight is 421 g/mol. The second kappa shape index (κ2) is 6.82. The number of aromatic nitrogens is 2. The largest absolute Gasteiger partial charge is 0.287 e. The first-order valence-electron chi connectivity index (χ1n) is 9.54. The zero-order valence-corrected chi connectivity index (χ0v) is 17.8. The van der Waals surface area contributed by atoms with Gasteiger partial charge < -0.3 is 0 Å². The van der Waals surface area contributed by atoms with Crippen LogP contribution in [0.3, 0.4) is 0 Å². The summed E-state index contributed by atoms with van der Waals surface area (Å²) < 4.78 is 3.13. The van der Waals surface area contributed by atoms with Gasteiger partial charge in [0, 0.05) is 59.6 Å². The van der Waals surface area contributed by atoms with Gasteiger partial charge in [0.05, 0.1) is 11.0 Å². The Kier molecular flexibility index (Phi) is 4.37. The molecular weight excluding hydrogens is 400 g/mol. The fraction of sp³-hybridized carbons (Fsp3) is 0.217. The number of para-hydroxylation sites is 2. The number of hydrogen-bond donors (Lipinski definition) is 0. The lowest BCUT2D eigenvalue weighted by atomic mass is 10.0. The minimum Gasteiger partial charge on any atom is -0.287 e. The summed E-state index contributed by atoms with van der Waals surface area (Å²) in [6.45, 7) is 3.19. The van der Waals surface area contributed by atoms with Gasteiger partial charge in [0.1, 0.15) is 4.08 Å². The quantitative estimate of drug-likeness (QED) is 0.424. The molecule has 1 aliphatic heterocycles. The topological polar surface area (TPSA) is 44.0 Å². The highest BCUT2D eigenvalue weighted by molar-refractivity contribution is 8.20. The van der Waals surface area contributed by atoms with Crippen molar-refractivity contribution in [1.29, 1.82) is 0 Å². The van der Waals surface area contributed by atoms with Crippen molar-refractivity contribution in [2.45, 2.75) is 17.9 Å². The summed E-state index contributed by atoms with van der Waals surface area (Å²) in [6.07, 6.45) is 4.00. The van der Waals surface area contributed by atoms with Crippen molar-refractivity contribution in [3.63, 3.8) is 0 Å². The maximum absolute atomic E-state index is 12.3. The molecule has 0 atom stereocenters. The lowest BCUT2D eigenvalue weighted by Crippen LogP contribution is -2.16. The Balaban J connectivity index is 1.86. The summed E-state index contributed by atoms with van der Waals surface area (Å²) in [6, 6.07) is 16.2. The van der Waals surface area contributed by atoms with E-state index < -0.39 is 0 Å². The molecule has 3 heterocycles. The van der Waals surface area contributed by atoms with Crippen LogP contribution in [-0.4, -0.2) is 32.5 Å². The Hall–Kier alpha value is -2.44. The number of carbonyl (C=O) groups excluding carboxylic acids is 2. The van der Waals surface area contributed by atoms with E-state index in [0.717, 1.165) is 44.4 Å². The molecule has 0 unspecified atom stereocenters. The van der Waals surface area contributed by atoms with Gasteiger partial charge in [-0.05, 0) is 12.1 Å². The molecule has 4 nitrogen and oxygen atoms in total. The fourth-order valence-corrected chi connectivity index (χ4v) is 7.62. The average Bonchev–Trinajstić information content (AvgIpc) is 3.43. The van der Waals surface area contributed by atoms with E-state index in [-0.39, 0.29) is 15.9 Å². The molecule has 1 saturated heterocycles. The Morgan fingerprint density at radius 3 is 1.59 bits per heavy atom. The Morgan fingerprint density at radius 1 is 0.759 bits per heavy atom. The third-order valence-electron chi connectivity index (χ3n) is 5.51. The van der Waals surface area contributed by atoms with Crippen molar-refractivity contribution in [2.24, 2.45) is 0 Å². The number of thioether (sulfide) groups is 2. The predicted molar refractivity (Wildman–Crippen MR) is 122 cm³/mol. The molecule has 4 aromatic rings. The van der Waals surface area contributed by atoms with Gasteiger partial charge in [-0.2, -0.15) is 0 Å². The highest BCUT2D eigenvalue weighted by Gasteiger charge is 2.43. The Labute approximate surface area is 177 Å². The molecule has 1 aliphatic rings. The summed E-state index contributed by atoms with van der Waals surface area (Å²) in [4.78, 5) is 24.7. The van der Waals surface area contributed by atoms with Crippen molar-refractivity contribution in [3.05, 3.63) is 72.1 Å². The fourth-order valence-electron chi connectivity index (χ4n) is 4.27. The first-order chi connectivity index (χ1) is 14.0. The smallest absolute Gasteiger partial charge is 0.227 e. The molecule has 0 saturated carbocycles. The molecule has 146 valence electrons. The highest BCUT2D eigenvalue weighted by Crippen LogP contribution is 2.59. The zero-order chi connectivity index (χ0) is 20.2. The summed E-state index contributed by atoms with van der Waals surface area (Å²) in [7, 11) is 0. The highest BCUT2D eigenvalue weighted by atomic mass is 32.2. The Morgan fingerprint density at radius 2 is 1.17 bits per heavy atom. The zero-order valence-electron chi connectivity index (χ0n) is 16.2. The molecule has 29 heavy (non-hydrogen) atoms. The van der Waals surface area contributed by atoms with E-state index in [9.17, 15) is 9.59 Å². The van der Waals surface area contributed by atoms with Crippen LogP contribution in [0.25, 0.3) is 21.8 Å². The molecule has 1 fully saturated rings. The minimum absolute atomic E-state index is 0.00163. The monoisotopic (exact) mass is 420 g/mol. The van der Waals surface area contributed by atoms with Crippen LogP contribution in [0, 0.1) is 0 Å². The van der Waals surface area contributed by atoms with Crippen LogP contribution in [0.4, 0.5) is 0 Å². The van der Waals surface area contributed by atoms with Gasteiger partial charge in [-0.3, -0.25) is 18.7 Å².